The summed E-state index contributed by atoms with van der Waals surface area (Å²) in [5.74, 6) is 1.94. The molecular formula is C20H21N5O3S2. The van der Waals surface area contributed by atoms with Crippen LogP contribution in [0.2, 0.25) is 0 Å². The summed E-state index contributed by atoms with van der Waals surface area (Å²) in [7, 11) is 1.63. The molecule has 0 spiro atoms. The van der Waals surface area contributed by atoms with Gasteiger partial charge in [0.2, 0.25) is 11.8 Å². The molecule has 3 heterocycles. The highest BCUT2D eigenvalue weighted by molar-refractivity contribution is 7.99. The van der Waals surface area contributed by atoms with Gasteiger partial charge in [-0.3, -0.25) is 4.79 Å². The van der Waals surface area contributed by atoms with Gasteiger partial charge in [0.05, 0.1) is 35.3 Å². The van der Waals surface area contributed by atoms with Crippen molar-refractivity contribution in [2.75, 3.05) is 19.4 Å². The molecule has 0 unspecified atom stereocenters. The van der Waals surface area contributed by atoms with Crippen LogP contribution in [0.4, 0.5) is 0 Å². The molecule has 8 nitrogen and oxygen atoms in total. The fraction of sp³-hybridized carbons (Fsp3) is 0.300. The number of methoxy groups -OCH3 is 1. The van der Waals surface area contributed by atoms with E-state index in [1.165, 1.54) is 23.1 Å². The van der Waals surface area contributed by atoms with E-state index >= 15 is 0 Å². The SMILES string of the molecule is CCCN(Cc1nnc(-c2cccs2)o1)C(=O)CSc1nc2ccc(OC)cc2[nH]1. The molecule has 1 N–H and O–H groups in total. The van der Waals surface area contributed by atoms with Crippen molar-refractivity contribution in [2.45, 2.75) is 25.0 Å². The Morgan fingerprint density at radius 3 is 3.00 bits per heavy atom. The third-order valence-corrected chi connectivity index (χ3v) is 6.09. The van der Waals surface area contributed by atoms with E-state index in [0.717, 1.165) is 28.1 Å². The molecule has 4 aromatic rings. The minimum atomic E-state index is -0.00393. The number of thioether (sulfide) groups is 1. The fourth-order valence-electron chi connectivity index (χ4n) is 2.92. The number of aromatic nitrogens is 4. The van der Waals surface area contributed by atoms with Crippen LogP contribution in [0.25, 0.3) is 21.8 Å². The number of amides is 1. The first-order chi connectivity index (χ1) is 14.7. The van der Waals surface area contributed by atoms with Gasteiger partial charge in [0, 0.05) is 12.6 Å². The summed E-state index contributed by atoms with van der Waals surface area (Å²) in [6, 6.07) is 9.50. The van der Waals surface area contributed by atoms with Gasteiger partial charge in [0.15, 0.2) is 5.16 Å². The van der Waals surface area contributed by atoms with Gasteiger partial charge in [-0.1, -0.05) is 24.8 Å². The molecular weight excluding hydrogens is 422 g/mol. The molecule has 3 aromatic heterocycles. The Morgan fingerprint density at radius 2 is 2.23 bits per heavy atom. The molecule has 156 valence electrons. The zero-order chi connectivity index (χ0) is 20.9. The lowest BCUT2D eigenvalue weighted by Gasteiger charge is -2.19. The molecule has 0 bridgehead atoms. The van der Waals surface area contributed by atoms with Gasteiger partial charge in [-0.25, -0.2) is 4.98 Å². The van der Waals surface area contributed by atoms with Crippen LogP contribution >= 0.6 is 23.1 Å². The first-order valence-electron chi connectivity index (χ1n) is 9.47. The van der Waals surface area contributed by atoms with Crippen molar-refractivity contribution in [1.82, 2.24) is 25.1 Å². The minimum Gasteiger partial charge on any atom is -0.497 e. The number of carbonyl (C=O) groups excluding carboxylic acids is 1. The second-order valence-corrected chi connectivity index (χ2v) is 8.42. The van der Waals surface area contributed by atoms with Crippen molar-refractivity contribution in [2.24, 2.45) is 0 Å². The molecule has 0 aliphatic carbocycles. The number of benzene rings is 1. The summed E-state index contributed by atoms with van der Waals surface area (Å²) >= 11 is 2.91. The number of ether oxygens (including phenoxy) is 1. The Balaban J connectivity index is 1.40. The van der Waals surface area contributed by atoms with Gasteiger partial charge < -0.3 is 19.0 Å². The van der Waals surface area contributed by atoms with Crippen LogP contribution < -0.4 is 4.74 Å². The van der Waals surface area contributed by atoms with Crippen molar-refractivity contribution in [3.63, 3.8) is 0 Å². The standard InChI is InChI=1S/C20H21N5O3S2/c1-3-8-25(11-17-23-24-19(28-17)16-5-4-9-29-16)18(26)12-30-20-21-14-7-6-13(27-2)10-15(14)22-20/h4-7,9-10H,3,8,11-12H2,1-2H3,(H,21,22). The Morgan fingerprint density at radius 1 is 1.33 bits per heavy atom. The summed E-state index contributed by atoms with van der Waals surface area (Å²) in [6.07, 6.45) is 0.840. The van der Waals surface area contributed by atoms with Crippen LogP contribution in [0.1, 0.15) is 19.2 Å². The lowest BCUT2D eigenvalue weighted by atomic mass is 10.3. The molecule has 0 aliphatic rings. The molecule has 10 heteroatoms. The molecule has 0 aliphatic heterocycles. The van der Waals surface area contributed by atoms with Crippen LogP contribution in [0.15, 0.2) is 45.3 Å². The number of hydrogen-bond acceptors (Lipinski definition) is 8. The van der Waals surface area contributed by atoms with Gasteiger partial charge in [0.1, 0.15) is 5.75 Å². The number of nitrogens with zero attached hydrogens (tertiary/aromatic N) is 4. The lowest BCUT2D eigenvalue weighted by Crippen LogP contribution is -2.32. The molecule has 4 rings (SSSR count). The maximum absolute atomic E-state index is 12.8. The number of carbonyl (C=O) groups is 1. The van der Waals surface area contributed by atoms with E-state index in [-0.39, 0.29) is 11.7 Å². The fourth-order valence-corrected chi connectivity index (χ4v) is 4.36. The second kappa shape index (κ2) is 9.31. The molecule has 0 saturated carbocycles. The number of fused-ring (bicyclic) bond motifs is 1. The Kier molecular flexibility index (Phi) is 6.34. The van der Waals surface area contributed by atoms with Crippen LogP contribution in [0, 0.1) is 0 Å². The number of thiophene rings is 1. The van der Waals surface area contributed by atoms with Gasteiger partial charge in [-0.15, -0.1) is 21.5 Å². The van der Waals surface area contributed by atoms with Crippen LogP contribution in [-0.4, -0.2) is 50.4 Å². The van der Waals surface area contributed by atoms with E-state index in [0.29, 0.717) is 30.0 Å². The first kappa shape index (κ1) is 20.4. The molecule has 30 heavy (non-hydrogen) atoms. The monoisotopic (exact) mass is 443 g/mol. The smallest absolute Gasteiger partial charge is 0.257 e. The van der Waals surface area contributed by atoms with E-state index in [1.54, 1.807) is 12.0 Å². The van der Waals surface area contributed by atoms with Crippen LogP contribution in [-0.2, 0) is 11.3 Å². The van der Waals surface area contributed by atoms with E-state index in [2.05, 4.69) is 20.2 Å². The maximum atomic E-state index is 12.8. The van der Waals surface area contributed by atoms with E-state index in [4.69, 9.17) is 9.15 Å². The first-order valence-corrected chi connectivity index (χ1v) is 11.3. The number of H-pyrrole nitrogens is 1. The minimum absolute atomic E-state index is 0.00393. The summed E-state index contributed by atoms with van der Waals surface area (Å²) in [6.45, 7) is 2.95. The number of imidazole rings is 1. The largest absolute Gasteiger partial charge is 0.497 e. The second-order valence-electron chi connectivity index (χ2n) is 6.51. The zero-order valence-corrected chi connectivity index (χ0v) is 18.3. The van der Waals surface area contributed by atoms with Gasteiger partial charge in [-0.2, -0.15) is 0 Å². The normalized spacial score (nSPS) is 11.1. The average molecular weight is 444 g/mol. The van der Waals surface area contributed by atoms with Crippen molar-refractivity contribution < 1.29 is 13.9 Å². The van der Waals surface area contributed by atoms with E-state index in [9.17, 15) is 4.79 Å². The molecule has 1 amide bonds. The van der Waals surface area contributed by atoms with Gasteiger partial charge >= 0.3 is 0 Å². The topological polar surface area (TPSA) is 97.1 Å². The third kappa shape index (κ3) is 4.65. The van der Waals surface area contributed by atoms with Crippen molar-refractivity contribution in [1.29, 1.82) is 0 Å². The van der Waals surface area contributed by atoms with E-state index in [1.807, 2.05) is 42.6 Å². The van der Waals surface area contributed by atoms with Gasteiger partial charge in [0.25, 0.3) is 5.89 Å². The highest BCUT2D eigenvalue weighted by Gasteiger charge is 2.18. The number of hydrogen-bond donors (Lipinski definition) is 1. The highest BCUT2D eigenvalue weighted by atomic mass is 32.2. The van der Waals surface area contributed by atoms with E-state index < -0.39 is 0 Å². The predicted octanol–water partition coefficient (Wildman–Crippen LogP) is 4.21. The summed E-state index contributed by atoms with van der Waals surface area (Å²) in [5.41, 5.74) is 1.71. The van der Waals surface area contributed by atoms with Crippen molar-refractivity contribution in [3.05, 3.63) is 41.6 Å². The third-order valence-electron chi connectivity index (χ3n) is 4.37. The quantitative estimate of drug-likeness (QED) is 0.387. The highest BCUT2D eigenvalue weighted by Crippen LogP contribution is 2.25. The molecule has 0 saturated heterocycles. The van der Waals surface area contributed by atoms with Crippen molar-refractivity contribution >= 4 is 40.0 Å². The summed E-state index contributed by atoms with van der Waals surface area (Å²) in [5, 5.41) is 10.8. The molecule has 0 radical (unpaired) electrons. The van der Waals surface area contributed by atoms with Crippen molar-refractivity contribution in [3.8, 4) is 16.5 Å². The maximum Gasteiger partial charge on any atom is 0.257 e. The summed E-state index contributed by atoms with van der Waals surface area (Å²) < 4.78 is 11.0. The zero-order valence-electron chi connectivity index (χ0n) is 16.6. The van der Waals surface area contributed by atoms with Crippen LogP contribution in [0.3, 0.4) is 0 Å². The summed E-state index contributed by atoms with van der Waals surface area (Å²) in [4.78, 5) is 23.2. The van der Waals surface area contributed by atoms with Crippen LogP contribution in [0.5, 0.6) is 5.75 Å². The number of aromatic amines is 1. The number of rotatable bonds is 9. The Labute approximate surface area is 181 Å². The predicted molar refractivity (Wildman–Crippen MR) is 117 cm³/mol. The Hall–Kier alpha value is -2.85. The average Bonchev–Trinajstić information content (AvgIpc) is 3.51. The molecule has 0 fully saturated rings. The molecule has 0 atom stereocenters. The van der Waals surface area contributed by atoms with Gasteiger partial charge in [-0.05, 0) is 30.0 Å². The Bertz CT molecular complexity index is 1120. The molecule has 1 aromatic carbocycles. The lowest BCUT2D eigenvalue weighted by molar-refractivity contribution is -0.129. The number of nitrogens with one attached hydrogen (secondary N) is 1.